The first kappa shape index (κ1) is 18.3. The number of hydrogen-bond donors (Lipinski definition) is 0. The molecule has 1 saturated heterocycles. The Labute approximate surface area is 177 Å². The van der Waals surface area contributed by atoms with Gasteiger partial charge in [-0.05, 0) is 35.4 Å². The normalized spacial score (nSPS) is 14.5. The lowest BCUT2D eigenvalue weighted by molar-refractivity contribution is 0.0752. The summed E-state index contributed by atoms with van der Waals surface area (Å²) in [6.45, 7) is 5.02. The van der Waals surface area contributed by atoms with Crippen molar-refractivity contribution < 1.29 is 4.79 Å². The molecule has 7 heteroatoms. The van der Waals surface area contributed by atoms with E-state index >= 15 is 0 Å². The van der Waals surface area contributed by atoms with Crippen LogP contribution >= 0.6 is 22.7 Å². The zero-order valence-corrected chi connectivity index (χ0v) is 17.7. The number of fused-ring (bicyclic) bond motifs is 1. The van der Waals surface area contributed by atoms with Crippen molar-refractivity contribution >= 4 is 44.6 Å². The van der Waals surface area contributed by atoms with E-state index < -0.39 is 0 Å². The van der Waals surface area contributed by atoms with Crippen LogP contribution in [0.1, 0.15) is 15.2 Å². The van der Waals surface area contributed by atoms with Crippen LogP contribution < -0.4 is 4.90 Å². The molecule has 0 bridgehead atoms. The number of amides is 1. The summed E-state index contributed by atoms with van der Waals surface area (Å²) >= 11 is 3.16. The van der Waals surface area contributed by atoms with Gasteiger partial charge in [-0.3, -0.25) is 4.79 Å². The van der Waals surface area contributed by atoms with Gasteiger partial charge in [-0.1, -0.05) is 29.8 Å². The SMILES string of the molecule is Cc1ccc(-c2ccsc2C(=O)N2CCN(c3ncnc4sccc34)CC2)cc1. The lowest BCUT2D eigenvalue weighted by Crippen LogP contribution is -2.49. The summed E-state index contributed by atoms with van der Waals surface area (Å²) < 4.78 is 0. The zero-order chi connectivity index (χ0) is 19.8. The number of hydrogen-bond acceptors (Lipinski definition) is 6. The minimum atomic E-state index is 0.124. The van der Waals surface area contributed by atoms with Crippen molar-refractivity contribution in [2.24, 2.45) is 0 Å². The Hall–Kier alpha value is -2.77. The molecule has 0 saturated carbocycles. The van der Waals surface area contributed by atoms with Crippen LogP contribution in [0.2, 0.25) is 0 Å². The van der Waals surface area contributed by atoms with Gasteiger partial charge in [0, 0.05) is 31.7 Å². The number of thiophene rings is 2. The van der Waals surface area contributed by atoms with Gasteiger partial charge in [-0.2, -0.15) is 0 Å². The molecular formula is C22H20N4OS2. The third-order valence-corrected chi connectivity index (χ3v) is 7.05. The third kappa shape index (κ3) is 3.41. The van der Waals surface area contributed by atoms with Crippen molar-refractivity contribution in [2.45, 2.75) is 6.92 Å². The molecule has 1 aromatic carbocycles. The van der Waals surface area contributed by atoms with Crippen molar-refractivity contribution in [3.8, 4) is 11.1 Å². The molecule has 29 heavy (non-hydrogen) atoms. The highest BCUT2D eigenvalue weighted by Gasteiger charge is 2.26. The van der Waals surface area contributed by atoms with E-state index in [1.165, 1.54) is 16.9 Å². The molecule has 4 heterocycles. The number of anilines is 1. The van der Waals surface area contributed by atoms with Crippen LogP contribution in [-0.2, 0) is 0 Å². The van der Waals surface area contributed by atoms with E-state index in [0.717, 1.165) is 45.1 Å². The van der Waals surface area contributed by atoms with Gasteiger partial charge in [-0.15, -0.1) is 22.7 Å². The number of nitrogens with zero attached hydrogens (tertiary/aromatic N) is 4. The summed E-state index contributed by atoms with van der Waals surface area (Å²) in [6, 6.07) is 12.5. The molecule has 0 unspecified atom stereocenters. The van der Waals surface area contributed by atoms with Crippen molar-refractivity contribution in [3.63, 3.8) is 0 Å². The van der Waals surface area contributed by atoms with E-state index in [0.29, 0.717) is 13.1 Å². The minimum Gasteiger partial charge on any atom is -0.352 e. The minimum absolute atomic E-state index is 0.124. The summed E-state index contributed by atoms with van der Waals surface area (Å²) in [4.78, 5) is 28.1. The fourth-order valence-electron chi connectivity index (χ4n) is 3.73. The molecule has 0 spiro atoms. The van der Waals surface area contributed by atoms with Crippen LogP contribution in [0.3, 0.4) is 0 Å². The average molecular weight is 421 g/mol. The number of aryl methyl sites for hydroxylation is 1. The van der Waals surface area contributed by atoms with Crippen LogP contribution in [0.15, 0.2) is 53.5 Å². The monoisotopic (exact) mass is 420 g/mol. The molecule has 4 aromatic rings. The molecule has 1 aliphatic rings. The first-order chi connectivity index (χ1) is 14.2. The lowest BCUT2D eigenvalue weighted by Gasteiger charge is -2.35. The molecule has 1 aliphatic heterocycles. The van der Waals surface area contributed by atoms with Crippen molar-refractivity contribution in [2.75, 3.05) is 31.1 Å². The Kier molecular flexibility index (Phi) is 4.77. The van der Waals surface area contributed by atoms with E-state index in [4.69, 9.17) is 0 Å². The molecular weight excluding hydrogens is 400 g/mol. The highest BCUT2D eigenvalue weighted by atomic mass is 32.1. The van der Waals surface area contributed by atoms with Crippen LogP contribution in [0.5, 0.6) is 0 Å². The highest BCUT2D eigenvalue weighted by molar-refractivity contribution is 7.16. The van der Waals surface area contributed by atoms with Crippen molar-refractivity contribution in [1.82, 2.24) is 14.9 Å². The molecule has 0 radical (unpaired) electrons. The number of carbonyl (C=O) groups is 1. The second-order valence-electron chi connectivity index (χ2n) is 7.15. The number of aromatic nitrogens is 2. The first-order valence-electron chi connectivity index (χ1n) is 9.57. The largest absolute Gasteiger partial charge is 0.352 e. The molecule has 0 atom stereocenters. The van der Waals surface area contributed by atoms with Crippen molar-refractivity contribution in [3.05, 3.63) is 63.9 Å². The predicted octanol–water partition coefficient (Wildman–Crippen LogP) is 4.69. The summed E-state index contributed by atoms with van der Waals surface area (Å²) in [5.74, 6) is 1.10. The van der Waals surface area contributed by atoms with Crippen LogP contribution in [0.25, 0.3) is 21.3 Å². The second-order valence-corrected chi connectivity index (χ2v) is 8.96. The Balaban J connectivity index is 1.33. The van der Waals surface area contributed by atoms with Gasteiger partial charge >= 0.3 is 0 Å². The maximum absolute atomic E-state index is 13.2. The molecule has 5 rings (SSSR count). The van der Waals surface area contributed by atoms with Gasteiger partial charge in [0.25, 0.3) is 5.91 Å². The zero-order valence-electron chi connectivity index (χ0n) is 16.0. The molecule has 0 aliphatic carbocycles. The third-order valence-electron chi connectivity index (χ3n) is 5.33. The summed E-state index contributed by atoms with van der Waals surface area (Å²) in [5, 5.41) is 5.15. The number of carbonyl (C=O) groups excluding carboxylic acids is 1. The molecule has 3 aromatic heterocycles. The smallest absolute Gasteiger partial charge is 0.264 e. The van der Waals surface area contributed by atoms with E-state index in [-0.39, 0.29) is 5.91 Å². The molecule has 146 valence electrons. The highest BCUT2D eigenvalue weighted by Crippen LogP contribution is 2.31. The molecule has 5 nitrogen and oxygen atoms in total. The van der Waals surface area contributed by atoms with Crippen LogP contribution in [0, 0.1) is 6.92 Å². The Morgan fingerprint density at radius 2 is 1.69 bits per heavy atom. The maximum Gasteiger partial charge on any atom is 0.264 e. The summed E-state index contributed by atoms with van der Waals surface area (Å²) in [6.07, 6.45) is 1.63. The van der Waals surface area contributed by atoms with E-state index in [1.807, 2.05) is 21.7 Å². The lowest BCUT2D eigenvalue weighted by atomic mass is 10.0. The van der Waals surface area contributed by atoms with Gasteiger partial charge in [0.05, 0.1) is 10.3 Å². The van der Waals surface area contributed by atoms with Crippen molar-refractivity contribution in [1.29, 1.82) is 0 Å². The van der Waals surface area contributed by atoms with Gasteiger partial charge in [0.2, 0.25) is 0 Å². The summed E-state index contributed by atoms with van der Waals surface area (Å²) in [7, 11) is 0. The fraction of sp³-hybridized carbons (Fsp3) is 0.227. The topological polar surface area (TPSA) is 49.3 Å². The number of rotatable bonds is 3. The molecule has 0 N–H and O–H groups in total. The van der Waals surface area contributed by atoms with E-state index in [2.05, 4.69) is 52.1 Å². The Bertz CT molecular complexity index is 1160. The fourth-order valence-corrected chi connectivity index (χ4v) is 5.34. The number of benzene rings is 1. The van der Waals surface area contributed by atoms with E-state index in [9.17, 15) is 4.79 Å². The first-order valence-corrected chi connectivity index (χ1v) is 11.3. The second kappa shape index (κ2) is 7.57. The van der Waals surface area contributed by atoms with Crippen LogP contribution in [-0.4, -0.2) is 47.0 Å². The van der Waals surface area contributed by atoms with Gasteiger partial charge in [0.15, 0.2) is 0 Å². The molecule has 1 fully saturated rings. The van der Waals surface area contributed by atoms with Gasteiger partial charge < -0.3 is 9.80 Å². The standard InChI is InChI=1S/C22H20N4OS2/c1-15-2-4-16(5-3-15)17-6-12-28-19(17)22(27)26-10-8-25(9-11-26)20-18-7-13-29-21(18)24-14-23-20/h2-7,12-14H,8-11H2,1H3. The number of piperazine rings is 1. The average Bonchev–Trinajstić information content (AvgIpc) is 3.43. The Morgan fingerprint density at radius 3 is 2.48 bits per heavy atom. The Morgan fingerprint density at radius 1 is 0.931 bits per heavy atom. The van der Waals surface area contributed by atoms with Crippen LogP contribution in [0.4, 0.5) is 5.82 Å². The van der Waals surface area contributed by atoms with Gasteiger partial charge in [0.1, 0.15) is 17.0 Å². The quantitative estimate of drug-likeness (QED) is 0.482. The predicted molar refractivity (Wildman–Crippen MR) is 120 cm³/mol. The summed E-state index contributed by atoms with van der Waals surface area (Å²) in [5.41, 5.74) is 3.34. The maximum atomic E-state index is 13.2. The van der Waals surface area contributed by atoms with Gasteiger partial charge in [-0.25, -0.2) is 9.97 Å². The molecule has 1 amide bonds. The van der Waals surface area contributed by atoms with E-state index in [1.54, 1.807) is 17.7 Å².